The summed E-state index contributed by atoms with van der Waals surface area (Å²) >= 11 is 3.40. The summed E-state index contributed by atoms with van der Waals surface area (Å²) in [5.74, 6) is -1.94. The van der Waals surface area contributed by atoms with Crippen LogP contribution in [0.5, 0.6) is 11.5 Å². The first-order valence-electron chi connectivity index (χ1n) is 10.5. The fourth-order valence-corrected chi connectivity index (χ4v) is 3.76. The number of carbonyl (C=O) groups excluding carboxylic acids is 1. The third-order valence-corrected chi connectivity index (χ3v) is 5.60. The summed E-state index contributed by atoms with van der Waals surface area (Å²) in [5, 5.41) is 13.5. The Labute approximate surface area is 208 Å². The Morgan fingerprint density at radius 2 is 1.66 bits per heavy atom. The van der Waals surface area contributed by atoms with Gasteiger partial charge in [-0.3, -0.25) is 4.79 Å². The standard InChI is InChI=1S/C25H23BrF3NO5/c1-24(2,3)21(23(32)33)30-22(31)18-11-7-15-6-8-16(26)12-19(15)20(18)34-13-14-4-9-17(10-5-14)35-25(27,28)29/h4-12,21H,13H2,1-3H3,(H,30,31)(H,32,33)/t21-/m1/s1. The Morgan fingerprint density at radius 1 is 1.03 bits per heavy atom. The van der Waals surface area contributed by atoms with Gasteiger partial charge in [0, 0.05) is 9.86 Å². The van der Waals surface area contributed by atoms with E-state index in [4.69, 9.17) is 4.74 Å². The van der Waals surface area contributed by atoms with E-state index in [0.29, 0.717) is 10.9 Å². The molecule has 10 heteroatoms. The van der Waals surface area contributed by atoms with Gasteiger partial charge in [0.05, 0.1) is 5.56 Å². The highest BCUT2D eigenvalue weighted by molar-refractivity contribution is 9.10. The van der Waals surface area contributed by atoms with Crippen molar-refractivity contribution < 1.29 is 37.3 Å². The van der Waals surface area contributed by atoms with Crippen molar-refractivity contribution in [3.63, 3.8) is 0 Å². The molecule has 0 unspecified atom stereocenters. The van der Waals surface area contributed by atoms with E-state index in [0.717, 1.165) is 9.86 Å². The van der Waals surface area contributed by atoms with Gasteiger partial charge < -0.3 is 19.9 Å². The largest absolute Gasteiger partial charge is 0.573 e. The minimum Gasteiger partial charge on any atom is -0.487 e. The highest BCUT2D eigenvalue weighted by Crippen LogP contribution is 2.34. The van der Waals surface area contributed by atoms with Crippen LogP contribution < -0.4 is 14.8 Å². The summed E-state index contributed by atoms with van der Waals surface area (Å²) in [4.78, 5) is 24.9. The molecule has 0 bridgehead atoms. The van der Waals surface area contributed by atoms with E-state index >= 15 is 0 Å². The third-order valence-electron chi connectivity index (χ3n) is 5.11. The lowest BCUT2D eigenvalue weighted by molar-refractivity contribution is -0.274. The molecule has 0 radical (unpaired) electrons. The fourth-order valence-electron chi connectivity index (χ4n) is 3.40. The number of amides is 1. The first kappa shape index (κ1) is 26.3. The first-order valence-corrected chi connectivity index (χ1v) is 11.3. The van der Waals surface area contributed by atoms with Crippen molar-refractivity contribution in [2.24, 2.45) is 5.41 Å². The Kier molecular flexibility index (Phi) is 7.64. The van der Waals surface area contributed by atoms with Crippen molar-refractivity contribution in [2.45, 2.75) is 39.8 Å². The number of nitrogens with one attached hydrogen (secondary N) is 1. The average Bonchev–Trinajstić information content (AvgIpc) is 2.74. The number of hydrogen-bond acceptors (Lipinski definition) is 4. The van der Waals surface area contributed by atoms with Crippen LogP contribution in [0.2, 0.25) is 0 Å². The van der Waals surface area contributed by atoms with Crippen molar-refractivity contribution in [1.29, 1.82) is 0 Å². The molecule has 0 aliphatic carbocycles. The molecule has 1 atom stereocenters. The van der Waals surface area contributed by atoms with Gasteiger partial charge in [-0.2, -0.15) is 0 Å². The van der Waals surface area contributed by atoms with Crippen LogP contribution in [0.3, 0.4) is 0 Å². The number of halogens is 4. The smallest absolute Gasteiger partial charge is 0.487 e. The van der Waals surface area contributed by atoms with Crippen LogP contribution >= 0.6 is 15.9 Å². The van der Waals surface area contributed by atoms with Crippen molar-refractivity contribution in [3.05, 3.63) is 70.2 Å². The lowest BCUT2D eigenvalue weighted by atomic mass is 9.86. The number of alkyl halides is 3. The summed E-state index contributed by atoms with van der Waals surface area (Å²) < 4.78 is 47.8. The summed E-state index contributed by atoms with van der Waals surface area (Å²) in [7, 11) is 0. The molecule has 186 valence electrons. The molecule has 1 amide bonds. The van der Waals surface area contributed by atoms with Crippen LogP contribution in [0.15, 0.2) is 59.1 Å². The van der Waals surface area contributed by atoms with Crippen molar-refractivity contribution in [2.75, 3.05) is 0 Å². The van der Waals surface area contributed by atoms with E-state index in [1.165, 1.54) is 24.3 Å². The predicted octanol–water partition coefficient (Wildman–Crippen LogP) is 6.31. The molecule has 2 N–H and O–H groups in total. The van der Waals surface area contributed by atoms with Gasteiger partial charge in [-0.25, -0.2) is 4.79 Å². The molecule has 3 aromatic carbocycles. The highest BCUT2D eigenvalue weighted by atomic mass is 79.9. The third kappa shape index (κ3) is 6.88. The van der Waals surface area contributed by atoms with E-state index in [9.17, 15) is 27.9 Å². The van der Waals surface area contributed by atoms with E-state index in [1.54, 1.807) is 39.0 Å². The normalized spacial score (nSPS) is 12.8. The highest BCUT2D eigenvalue weighted by Gasteiger charge is 2.34. The van der Waals surface area contributed by atoms with E-state index in [2.05, 4.69) is 26.0 Å². The van der Waals surface area contributed by atoms with E-state index in [1.807, 2.05) is 12.1 Å². The van der Waals surface area contributed by atoms with Gasteiger partial charge in [0.25, 0.3) is 5.91 Å². The SMILES string of the molecule is CC(C)(C)[C@H](NC(=O)c1ccc2ccc(Br)cc2c1OCc1ccc(OC(F)(F)F)cc1)C(=O)O. The Morgan fingerprint density at radius 3 is 2.23 bits per heavy atom. The molecule has 0 spiro atoms. The second-order valence-electron chi connectivity index (χ2n) is 8.90. The molecule has 6 nitrogen and oxygen atoms in total. The molecule has 0 aliphatic rings. The van der Waals surface area contributed by atoms with Gasteiger partial charge in [-0.05, 0) is 46.7 Å². The number of carbonyl (C=O) groups is 2. The molecular formula is C25H23BrF3NO5. The number of carboxylic acids is 1. The molecule has 0 heterocycles. The summed E-state index contributed by atoms with van der Waals surface area (Å²) in [6.45, 7) is 5.05. The molecule has 35 heavy (non-hydrogen) atoms. The molecule has 0 saturated heterocycles. The molecule has 0 fully saturated rings. The van der Waals surface area contributed by atoms with Gasteiger partial charge in [0.15, 0.2) is 0 Å². The van der Waals surface area contributed by atoms with E-state index in [-0.39, 0.29) is 23.7 Å². The molecule has 0 saturated carbocycles. The second-order valence-corrected chi connectivity index (χ2v) is 9.81. The number of hydrogen-bond donors (Lipinski definition) is 2. The Hall–Kier alpha value is -3.27. The second kappa shape index (κ2) is 10.2. The zero-order valence-electron chi connectivity index (χ0n) is 19.1. The first-order chi connectivity index (χ1) is 16.2. The van der Waals surface area contributed by atoms with Crippen molar-refractivity contribution in [1.82, 2.24) is 5.32 Å². The monoisotopic (exact) mass is 553 g/mol. The summed E-state index contributed by atoms with van der Waals surface area (Å²) in [5.41, 5.74) is -0.0816. The van der Waals surface area contributed by atoms with Crippen LogP contribution in [0.4, 0.5) is 13.2 Å². The zero-order chi connectivity index (χ0) is 26.0. The summed E-state index contributed by atoms with van der Waals surface area (Å²) in [6, 6.07) is 12.7. The molecular weight excluding hydrogens is 531 g/mol. The van der Waals surface area contributed by atoms with Crippen LogP contribution in [-0.2, 0) is 11.4 Å². The topological polar surface area (TPSA) is 84.9 Å². The van der Waals surface area contributed by atoms with Gasteiger partial charge in [-0.15, -0.1) is 13.2 Å². The predicted molar refractivity (Wildman–Crippen MR) is 127 cm³/mol. The van der Waals surface area contributed by atoms with Gasteiger partial charge in [0.2, 0.25) is 0 Å². The van der Waals surface area contributed by atoms with Gasteiger partial charge in [0.1, 0.15) is 24.1 Å². The maximum absolute atomic E-state index is 13.2. The summed E-state index contributed by atoms with van der Waals surface area (Å²) in [6.07, 6.45) is -4.79. The van der Waals surface area contributed by atoms with Crippen LogP contribution in [0.25, 0.3) is 10.8 Å². The lowest BCUT2D eigenvalue weighted by Gasteiger charge is -2.28. The Bertz CT molecular complexity index is 1240. The maximum Gasteiger partial charge on any atom is 0.573 e. The fraction of sp³-hybridized carbons (Fsp3) is 0.280. The number of ether oxygens (including phenoxy) is 2. The minimum atomic E-state index is -4.79. The number of aliphatic carboxylic acids is 1. The number of rotatable bonds is 7. The van der Waals surface area contributed by atoms with Crippen LogP contribution in [0, 0.1) is 5.41 Å². The maximum atomic E-state index is 13.2. The molecule has 3 rings (SSSR count). The molecule has 0 aromatic heterocycles. The molecule has 3 aromatic rings. The van der Waals surface area contributed by atoms with Gasteiger partial charge in [-0.1, -0.05) is 61.0 Å². The van der Waals surface area contributed by atoms with Crippen LogP contribution in [0.1, 0.15) is 36.7 Å². The number of carboxylic acid groups (broad SMARTS) is 1. The number of benzene rings is 3. The minimum absolute atomic E-state index is 0.0557. The average molecular weight is 554 g/mol. The van der Waals surface area contributed by atoms with Gasteiger partial charge >= 0.3 is 12.3 Å². The van der Waals surface area contributed by atoms with Crippen molar-refractivity contribution in [3.8, 4) is 11.5 Å². The quantitative estimate of drug-likeness (QED) is 0.358. The lowest BCUT2D eigenvalue weighted by Crippen LogP contribution is -2.49. The zero-order valence-corrected chi connectivity index (χ0v) is 20.7. The molecule has 0 aliphatic heterocycles. The number of fused-ring (bicyclic) bond motifs is 1. The van der Waals surface area contributed by atoms with E-state index < -0.39 is 29.7 Å². The van der Waals surface area contributed by atoms with Crippen molar-refractivity contribution >= 4 is 38.6 Å². The van der Waals surface area contributed by atoms with Crippen LogP contribution in [-0.4, -0.2) is 29.4 Å². The Balaban J connectivity index is 1.94.